The number of carbonyl (C=O) groups is 1. The number of hydrogen-bond acceptors (Lipinski definition) is 7. The van der Waals surface area contributed by atoms with Gasteiger partial charge in [0.05, 0.1) is 19.6 Å². The zero-order chi connectivity index (χ0) is 23.0. The molecule has 2 aromatic heterocycles. The van der Waals surface area contributed by atoms with Gasteiger partial charge in [0, 0.05) is 56.6 Å². The molecule has 0 saturated carbocycles. The summed E-state index contributed by atoms with van der Waals surface area (Å²) in [7, 11) is 0. The first-order chi connectivity index (χ1) is 15.3. The fourth-order valence-corrected chi connectivity index (χ4v) is 5.38. The van der Waals surface area contributed by atoms with Crippen molar-refractivity contribution < 1.29 is 14.6 Å². The van der Waals surface area contributed by atoms with Crippen LogP contribution in [-0.2, 0) is 0 Å². The molecule has 0 saturated heterocycles. The molecule has 160 valence electrons. The average Bonchev–Trinajstić information content (AvgIpc) is 3.43. The molecule has 0 aliphatic carbocycles. The van der Waals surface area contributed by atoms with Crippen molar-refractivity contribution in [3.05, 3.63) is 99.3 Å². The summed E-state index contributed by atoms with van der Waals surface area (Å²) >= 11 is 14.9. The number of carbonyl (C=O) groups excluding carboxylic acids is 1. The molecule has 0 fully saturated rings. The van der Waals surface area contributed by atoms with Gasteiger partial charge in [-0.25, -0.2) is 0 Å². The molecule has 7 nitrogen and oxygen atoms in total. The summed E-state index contributed by atoms with van der Waals surface area (Å²) in [6.07, 6.45) is 0. The van der Waals surface area contributed by atoms with Crippen LogP contribution in [0.3, 0.4) is 0 Å². The number of nitrogens with zero attached hydrogens (tertiary/aromatic N) is 2. The van der Waals surface area contributed by atoms with E-state index in [2.05, 4.69) is 0 Å². The molecule has 0 unspecified atom stereocenters. The molecule has 4 rings (SSSR count). The smallest absolute Gasteiger partial charge is 0.270 e. The Morgan fingerprint density at radius 3 is 1.47 bits per heavy atom. The first-order valence-corrected chi connectivity index (χ1v) is 11.4. The number of benzene rings is 2. The van der Waals surface area contributed by atoms with Gasteiger partial charge in [0.2, 0.25) is 5.78 Å². The number of ketones is 1. The van der Waals surface area contributed by atoms with Gasteiger partial charge in [-0.3, -0.25) is 25.0 Å². The molecule has 0 amide bonds. The Labute approximate surface area is 198 Å². The predicted molar refractivity (Wildman–Crippen MR) is 126 cm³/mol. The highest BCUT2D eigenvalue weighted by molar-refractivity contribution is 7.16. The van der Waals surface area contributed by atoms with E-state index in [9.17, 15) is 25.0 Å². The van der Waals surface area contributed by atoms with Gasteiger partial charge in [-0.05, 0) is 35.0 Å². The molecule has 11 heteroatoms. The van der Waals surface area contributed by atoms with Crippen LogP contribution in [0.2, 0.25) is 10.0 Å². The Kier molecular flexibility index (Phi) is 6.07. The van der Waals surface area contributed by atoms with Crippen molar-refractivity contribution in [2.75, 3.05) is 0 Å². The Balaban J connectivity index is 1.81. The molecular formula is C21H10Cl2N2O5S2. The largest absolute Gasteiger partial charge is 0.287 e. The standard InChI is InChI=1S/C21H10Cl2N2O5S2/c22-17-3-1-11(24(27)28)9-15(17)13-5-7-31-20(13)19(26)21-14(6-8-32-21)16-10-12(25(29)30)2-4-18(16)23/h1-10H. The third kappa shape index (κ3) is 4.03. The van der Waals surface area contributed by atoms with Crippen LogP contribution >= 0.6 is 45.9 Å². The Morgan fingerprint density at radius 1 is 0.688 bits per heavy atom. The molecule has 0 bridgehead atoms. The lowest BCUT2D eigenvalue weighted by Crippen LogP contribution is -2.01. The van der Waals surface area contributed by atoms with Crippen LogP contribution in [0.25, 0.3) is 22.3 Å². The second-order valence-electron chi connectivity index (χ2n) is 6.50. The van der Waals surface area contributed by atoms with E-state index in [1.54, 1.807) is 22.9 Å². The van der Waals surface area contributed by atoms with Crippen LogP contribution in [-0.4, -0.2) is 15.6 Å². The lowest BCUT2D eigenvalue weighted by atomic mass is 10.00. The first kappa shape index (κ1) is 22.1. The number of halogens is 2. The molecule has 2 aromatic carbocycles. The molecular weight excluding hydrogens is 495 g/mol. The second-order valence-corrected chi connectivity index (χ2v) is 9.15. The number of thiophene rings is 2. The molecule has 0 spiro atoms. The maximum atomic E-state index is 13.5. The van der Waals surface area contributed by atoms with E-state index in [1.165, 1.54) is 59.1 Å². The van der Waals surface area contributed by atoms with Gasteiger partial charge < -0.3 is 0 Å². The number of nitro groups is 2. The van der Waals surface area contributed by atoms with Gasteiger partial charge in [-0.15, -0.1) is 22.7 Å². The fraction of sp³-hybridized carbons (Fsp3) is 0. The third-order valence-electron chi connectivity index (χ3n) is 4.64. The van der Waals surface area contributed by atoms with Gasteiger partial charge in [-0.2, -0.15) is 0 Å². The number of non-ortho nitro benzene ring substituents is 2. The van der Waals surface area contributed by atoms with Crippen LogP contribution in [0.1, 0.15) is 14.5 Å². The minimum atomic E-state index is -0.532. The minimum Gasteiger partial charge on any atom is -0.287 e. The summed E-state index contributed by atoms with van der Waals surface area (Å²) in [5, 5.41) is 26.3. The van der Waals surface area contributed by atoms with Gasteiger partial charge in [0.15, 0.2) is 0 Å². The highest BCUT2D eigenvalue weighted by Gasteiger charge is 2.25. The van der Waals surface area contributed by atoms with Crippen molar-refractivity contribution in [2.45, 2.75) is 0 Å². The monoisotopic (exact) mass is 504 g/mol. The molecule has 32 heavy (non-hydrogen) atoms. The summed E-state index contributed by atoms with van der Waals surface area (Å²) in [6.45, 7) is 0. The van der Waals surface area contributed by atoms with Gasteiger partial charge >= 0.3 is 0 Å². The summed E-state index contributed by atoms with van der Waals surface area (Å²) in [5.74, 6) is -0.329. The lowest BCUT2D eigenvalue weighted by Gasteiger charge is -2.08. The summed E-state index contributed by atoms with van der Waals surface area (Å²) in [4.78, 5) is 35.5. The van der Waals surface area contributed by atoms with E-state index in [4.69, 9.17) is 23.2 Å². The molecule has 0 N–H and O–H groups in total. The molecule has 2 heterocycles. The Hall–Kier alpha value is -3.11. The van der Waals surface area contributed by atoms with Crippen molar-refractivity contribution in [1.82, 2.24) is 0 Å². The van der Waals surface area contributed by atoms with E-state index in [0.717, 1.165) is 0 Å². The van der Waals surface area contributed by atoms with Crippen molar-refractivity contribution in [1.29, 1.82) is 0 Å². The molecule has 0 atom stereocenters. The van der Waals surface area contributed by atoms with E-state index in [-0.39, 0.29) is 27.2 Å². The van der Waals surface area contributed by atoms with Crippen LogP contribution in [0, 0.1) is 20.2 Å². The van der Waals surface area contributed by atoms with Crippen LogP contribution in [0.5, 0.6) is 0 Å². The average molecular weight is 505 g/mol. The first-order valence-electron chi connectivity index (χ1n) is 8.86. The van der Waals surface area contributed by atoms with Crippen molar-refractivity contribution in [3.8, 4) is 22.3 Å². The Bertz CT molecular complexity index is 1290. The summed E-state index contributed by atoms with van der Waals surface area (Å²) in [5.41, 5.74) is 1.40. The van der Waals surface area contributed by atoms with E-state index >= 15 is 0 Å². The summed E-state index contributed by atoms with van der Waals surface area (Å²) < 4.78 is 0. The summed E-state index contributed by atoms with van der Waals surface area (Å²) in [6, 6.07) is 11.4. The van der Waals surface area contributed by atoms with E-state index < -0.39 is 9.85 Å². The van der Waals surface area contributed by atoms with E-state index in [1.807, 2.05) is 0 Å². The SMILES string of the molecule is O=C(c1sccc1-c1cc([N+](=O)[O-])ccc1Cl)c1sccc1-c1cc([N+](=O)[O-])ccc1Cl. The maximum absolute atomic E-state index is 13.5. The van der Waals surface area contributed by atoms with Gasteiger partial charge in [0.25, 0.3) is 11.4 Å². The fourth-order valence-electron chi connectivity index (χ4n) is 3.16. The van der Waals surface area contributed by atoms with Gasteiger partial charge in [-0.1, -0.05) is 23.2 Å². The topological polar surface area (TPSA) is 103 Å². The normalized spacial score (nSPS) is 10.8. The number of hydrogen-bond donors (Lipinski definition) is 0. The quantitative estimate of drug-likeness (QED) is 0.153. The number of nitro benzene ring substituents is 2. The van der Waals surface area contributed by atoms with E-state index in [0.29, 0.717) is 32.0 Å². The van der Waals surface area contributed by atoms with Crippen LogP contribution in [0.4, 0.5) is 11.4 Å². The minimum absolute atomic E-state index is 0.144. The molecule has 0 aliphatic heterocycles. The number of rotatable bonds is 6. The predicted octanol–water partition coefficient (Wildman–Crippen LogP) is 7.50. The highest BCUT2D eigenvalue weighted by Crippen LogP contribution is 2.41. The zero-order valence-electron chi connectivity index (χ0n) is 15.8. The molecule has 0 aliphatic rings. The van der Waals surface area contributed by atoms with Crippen molar-refractivity contribution >= 4 is 63.0 Å². The third-order valence-corrected chi connectivity index (χ3v) is 7.13. The molecule has 0 radical (unpaired) electrons. The zero-order valence-corrected chi connectivity index (χ0v) is 18.9. The van der Waals surface area contributed by atoms with Gasteiger partial charge in [0.1, 0.15) is 0 Å². The second kappa shape index (κ2) is 8.79. The van der Waals surface area contributed by atoms with Crippen LogP contribution < -0.4 is 0 Å². The maximum Gasteiger partial charge on any atom is 0.270 e. The van der Waals surface area contributed by atoms with Crippen molar-refractivity contribution in [2.24, 2.45) is 0 Å². The molecule has 4 aromatic rings. The highest BCUT2D eigenvalue weighted by atomic mass is 35.5. The van der Waals surface area contributed by atoms with Crippen LogP contribution in [0.15, 0.2) is 59.3 Å². The van der Waals surface area contributed by atoms with Crippen molar-refractivity contribution in [3.63, 3.8) is 0 Å². The lowest BCUT2D eigenvalue weighted by molar-refractivity contribution is -0.385. The Morgan fingerprint density at radius 2 is 1.09 bits per heavy atom.